The van der Waals surface area contributed by atoms with E-state index < -0.39 is 11.8 Å². The Morgan fingerprint density at radius 2 is 1.74 bits per heavy atom. The van der Waals surface area contributed by atoms with Gasteiger partial charge in [0.15, 0.2) is 0 Å². The van der Waals surface area contributed by atoms with E-state index in [1.807, 2.05) is 24.3 Å². The van der Waals surface area contributed by atoms with E-state index in [1.54, 1.807) is 40.9 Å². The summed E-state index contributed by atoms with van der Waals surface area (Å²) in [6, 6.07) is 14.0. The second kappa shape index (κ2) is 8.92. The van der Waals surface area contributed by atoms with Crippen molar-refractivity contribution < 1.29 is 14.4 Å². The van der Waals surface area contributed by atoms with E-state index >= 15 is 0 Å². The predicted octanol–water partition coefficient (Wildman–Crippen LogP) is 3.02. The van der Waals surface area contributed by atoms with Gasteiger partial charge in [0.25, 0.3) is 5.91 Å². The van der Waals surface area contributed by atoms with Crippen LogP contribution in [0.2, 0.25) is 5.02 Å². The smallest absolute Gasteiger partial charge is 0.269 e. The largest absolute Gasteiger partial charge is 0.310 e. The topological polar surface area (TPSA) is 78.5 Å². The highest BCUT2D eigenvalue weighted by Gasteiger charge is 2.22. The van der Waals surface area contributed by atoms with Crippen molar-refractivity contribution in [3.63, 3.8) is 0 Å². The van der Waals surface area contributed by atoms with Gasteiger partial charge in [0.05, 0.1) is 5.69 Å². The summed E-state index contributed by atoms with van der Waals surface area (Å²) in [5.41, 5.74) is 5.91. The van der Waals surface area contributed by atoms with Crippen molar-refractivity contribution >= 4 is 46.8 Å². The van der Waals surface area contributed by atoms with Crippen molar-refractivity contribution in [2.24, 2.45) is 0 Å². The second-order valence-electron chi connectivity index (χ2n) is 5.87. The van der Waals surface area contributed by atoms with Crippen molar-refractivity contribution in [1.82, 2.24) is 10.9 Å². The molecule has 1 heterocycles. The average molecular weight is 404 g/mol. The third kappa shape index (κ3) is 5.02. The van der Waals surface area contributed by atoms with Crippen LogP contribution in [0.4, 0.5) is 5.69 Å². The number of carbonyl (C=O) groups is 3. The minimum atomic E-state index is -0.451. The van der Waals surface area contributed by atoms with Gasteiger partial charge in [-0.15, -0.1) is 11.8 Å². The summed E-state index contributed by atoms with van der Waals surface area (Å²) in [5.74, 6) is -0.160. The highest BCUT2D eigenvalue weighted by atomic mass is 35.5. The molecule has 1 aliphatic heterocycles. The summed E-state index contributed by atoms with van der Waals surface area (Å²) >= 11 is 7.49. The lowest BCUT2D eigenvalue weighted by Crippen LogP contribution is -2.42. The molecule has 27 heavy (non-hydrogen) atoms. The van der Waals surface area contributed by atoms with Crippen molar-refractivity contribution in [3.8, 4) is 0 Å². The molecule has 3 amide bonds. The first-order chi connectivity index (χ1) is 13.0. The lowest BCUT2D eigenvalue weighted by molar-refractivity contribution is -0.125. The Hall–Kier alpha value is -2.51. The predicted molar refractivity (Wildman–Crippen MR) is 106 cm³/mol. The summed E-state index contributed by atoms with van der Waals surface area (Å²) in [4.78, 5) is 39.2. The standard InChI is InChI=1S/C19H18ClN3O3S/c20-14-7-5-13(6-8-14)19(26)22-21-17(24)9-10-18(25)23-11-12-27-16-4-2-1-3-15(16)23/h1-8H,9-12H2,(H,21,24)(H,22,26). The number of para-hydroxylation sites is 1. The molecule has 8 heteroatoms. The summed E-state index contributed by atoms with van der Waals surface area (Å²) in [5, 5.41) is 0.520. The molecule has 0 aromatic heterocycles. The molecule has 140 valence electrons. The minimum absolute atomic E-state index is 0.00839. The second-order valence-corrected chi connectivity index (χ2v) is 7.44. The summed E-state index contributed by atoms with van der Waals surface area (Å²) in [6.45, 7) is 0.620. The molecule has 1 aliphatic rings. The zero-order chi connectivity index (χ0) is 19.2. The lowest BCUT2D eigenvalue weighted by Gasteiger charge is -2.29. The van der Waals surface area contributed by atoms with E-state index in [1.165, 1.54) is 0 Å². The number of hydrazine groups is 1. The maximum atomic E-state index is 12.5. The number of amides is 3. The summed E-state index contributed by atoms with van der Waals surface area (Å²) < 4.78 is 0. The van der Waals surface area contributed by atoms with Crippen molar-refractivity contribution in [2.45, 2.75) is 17.7 Å². The Bertz CT molecular complexity index is 858. The zero-order valence-electron chi connectivity index (χ0n) is 14.4. The fourth-order valence-corrected chi connectivity index (χ4v) is 3.77. The Labute approximate surface area is 166 Å². The first-order valence-corrected chi connectivity index (χ1v) is 9.78. The number of anilines is 1. The molecular formula is C19H18ClN3O3S. The van der Waals surface area contributed by atoms with E-state index in [0.717, 1.165) is 16.3 Å². The molecule has 0 saturated heterocycles. The molecule has 2 aromatic carbocycles. The number of fused-ring (bicyclic) bond motifs is 1. The SMILES string of the molecule is O=C(CCC(=O)N1CCSc2ccccc21)NNC(=O)c1ccc(Cl)cc1. The van der Waals surface area contributed by atoms with Crippen molar-refractivity contribution in [1.29, 1.82) is 0 Å². The van der Waals surface area contributed by atoms with E-state index in [2.05, 4.69) is 10.9 Å². The molecule has 2 N–H and O–H groups in total. The third-order valence-corrected chi connectivity index (χ3v) is 5.31. The Morgan fingerprint density at radius 1 is 1.00 bits per heavy atom. The highest BCUT2D eigenvalue weighted by Crippen LogP contribution is 2.34. The number of halogens is 1. The van der Waals surface area contributed by atoms with Crippen LogP contribution in [0.1, 0.15) is 23.2 Å². The third-order valence-electron chi connectivity index (χ3n) is 4.02. The van der Waals surface area contributed by atoms with Crippen LogP contribution < -0.4 is 15.8 Å². The van der Waals surface area contributed by atoms with Gasteiger partial charge in [-0.05, 0) is 36.4 Å². The van der Waals surface area contributed by atoms with E-state index in [0.29, 0.717) is 17.1 Å². The molecule has 0 bridgehead atoms. The number of hydrogen-bond acceptors (Lipinski definition) is 4. The van der Waals surface area contributed by atoms with Gasteiger partial charge in [-0.25, -0.2) is 0 Å². The maximum Gasteiger partial charge on any atom is 0.269 e. The van der Waals surface area contributed by atoms with Gasteiger partial charge in [-0.2, -0.15) is 0 Å². The molecule has 0 unspecified atom stereocenters. The van der Waals surface area contributed by atoms with Crippen LogP contribution in [-0.2, 0) is 9.59 Å². The van der Waals surface area contributed by atoms with Gasteiger partial charge in [-0.3, -0.25) is 25.2 Å². The molecule has 0 spiro atoms. The van der Waals surface area contributed by atoms with Crippen LogP contribution in [0.15, 0.2) is 53.4 Å². The fraction of sp³-hybridized carbons (Fsp3) is 0.211. The molecular weight excluding hydrogens is 386 g/mol. The zero-order valence-corrected chi connectivity index (χ0v) is 16.0. The molecule has 0 fully saturated rings. The average Bonchev–Trinajstić information content (AvgIpc) is 2.70. The molecule has 3 rings (SSSR count). The van der Waals surface area contributed by atoms with Crippen LogP contribution >= 0.6 is 23.4 Å². The van der Waals surface area contributed by atoms with E-state index in [4.69, 9.17) is 11.6 Å². The first kappa shape index (κ1) is 19.3. The number of hydrogen-bond donors (Lipinski definition) is 2. The van der Waals surface area contributed by atoms with Gasteiger partial charge in [0, 0.05) is 40.6 Å². The van der Waals surface area contributed by atoms with Gasteiger partial charge in [0.1, 0.15) is 0 Å². The molecule has 6 nitrogen and oxygen atoms in total. The Morgan fingerprint density at radius 3 is 2.52 bits per heavy atom. The van der Waals surface area contributed by atoms with Crippen LogP contribution in [-0.4, -0.2) is 30.0 Å². The first-order valence-electron chi connectivity index (χ1n) is 8.41. The van der Waals surface area contributed by atoms with Gasteiger partial charge in [-0.1, -0.05) is 23.7 Å². The Kier molecular flexibility index (Phi) is 6.36. The van der Waals surface area contributed by atoms with Crippen molar-refractivity contribution in [2.75, 3.05) is 17.2 Å². The van der Waals surface area contributed by atoms with Gasteiger partial charge >= 0.3 is 0 Å². The number of benzene rings is 2. The number of rotatable bonds is 4. The van der Waals surface area contributed by atoms with Crippen LogP contribution in [0, 0.1) is 0 Å². The van der Waals surface area contributed by atoms with Crippen LogP contribution in [0.25, 0.3) is 0 Å². The number of thioether (sulfide) groups is 1. The van der Waals surface area contributed by atoms with E-state index in [9.17, 15) is 14.4 Å². The molecule has 0 atom stereocenters. The minimum Gasteiger partial charge on any atom is -0.310 e. The molecule has 0 aliphatic carbocycles. The van der Waals surface area contributed by atoms with Crippen LogP contribution in [0.3, 0.4) is 0 Å². The quantitative estimate of drug-likeness (QED) is 0.769. The lowest BCUT2D eigenvalue weighted by atomic mass is 10.2. The number of nitrogens with one attached hydrogen (secondary N) is 2. The Balaban J connectivity index is 1.47. The highest BCUT2D eigenvalue weighted by molar-refractivity contribution is 7.99. The number of carbonyl (C=O) groups excluding carboxylic acids is 3. The van der Waals surface area contributed by atoms with E-state index in [-0.39, 0.29) is 18.7 Å². The number of nitrogens with zero attached hydrogens (tertiary/aromatic N) is 1. The summed E-state index contributed by atoms with van der Waals surface area (Å²) in [6.07, 6.45) is 0.0627. The molecule has 2 aromatic rings. The molecule has 0 saturated carbocycles. The van der Waals surface area contributed by atoms with Crippen molar-refractivity contribution in [3.05, 3.63) is 59.1 Å². The van der Waals surface area contributed by atoms with Gasteiger partial charge in [0.2, 0.25) is 11.8 Å². The van der Waals surface area contributed by atoms with Crippen LogP contribution in [0.5, 0.6) is 0 Å². The summed E-state index contributed by atoms with van der Waals surface area (Å²) in [7, 11) is 0. The molecule has 0 radical (unpaired) electrons. The van der Waals surface area contributed by atoms with Gasteiger partial charge < -0.3 is 4.90 Å². The maximum absolute atomic E-state index is 12.5. The fourth-order valence-electron chi connectivity index (χ4n) is 2.65. The normalized spacial score (nSPS) is 12.9. The monoisotopic (exact) mass is 403 g/mol.